The zero-order valence-electron chi connectivity index (χ0n) is 13.2. The fourth-order valence-corrected chi connectivity index (χ4v) is 4.54. The first-order chi connectivity index (χ1) is 9.35. The Morgan fingerprint density at radius 1 is 1.40 bits per heavy atom. The molecular formula is C15H30N2O3. The van der Waals surface area contributed by atoms with Gasteiger partial charge in [0.1, 0.15) is 6.61 Å². The Hall–Kier alpha value is -0.840. The summed E-state index contributed by atoms with van der Waals surface area (Å²) >= 11 is 0. The van der Waals surface area contributed by atoms with Gasteiger partial charge in [0.2, 0.25) is 0 Å². The van der Waals surface area contributed by atoms with Crippen molar-refractivity contribution in [3.8, 4) is 0 Å². The van der Waals surface area contributed by atoms with E-state index in [2.05, 4.69) is 20.8 Å². The van der Waals surface area contributed by atoms with Crippen molar-refractivity contribution < 1.29 is 9.92 Å². The molecule has 1 aliphatic carbocycles. The quantitative estimate of drug-likeness (QED) is 0.546. The summed E-state index contributed by atoms with van der Waals surface area (Å²) in [5.41, 5.74) is 5.85. The molecule has 0 bridgehead atoms. The van der Waals surface area contributed by atoms with Crippen molar-refractivity contribution >= 4 is 0 Å². The molecule has 3 atom stereocenters. The van der Waals surface area contributed by atoms with Gasteiger partial charge in [-0.25, -0.2) is 0 Å². The van der Waals surface area contributed by atoms with Gasteiger partial charge in [0.15, 0.2) is 0 Å². The van der Waals surface area contributed by atoms with Crippen molar-refractivity contribution in [3.63, 3.8) is 0 Å². The van der Waals surface area contributed by atoms with Gasteiger partial charge in [0.25, 0.3) is 5.09 Å². The van der Waals surface area contributed by atoms with Crippen LogP contribution in [-0.4, -0.2) is 18.2 Å². The van der Waals surface area contributed by atoms with Crippen LogP contribution >= 0.6 is 0 Å². The highest BCUT2D eigenvalue weighted by Crippen LogP contribution is 2.53. The van der Waals surface area contributed by atoms with Gasteiger partial charge >= 0.3 is 0 Å². The van der Waals surface area contributed by atoms with E-state index in [1.165, 1.54) is 12.8 Å². The first-order valence-corrected chi connectivity index (χ1v) is 7.82. The Labute approximate surface area is 122 Å². The lowest BCUT2D eigenvalue weighted by molar-refractivity contribution is -0.761. The van der Waals surface area contributed by atoms with E-state index in [1.54, 1.807) is 0 Å². The molecule has 0 aromatic rings. The molecular weight excluding hydrogens is 256 g/mol. The highest BCUT2D eigenvalue weighted by atomic mass is 16.9. The second-order valence-corrected chi connectivity index (χ2v) is 7.14. The van der Waals surface area contributed by atoms with Gasteiger partial charge in [0.05, 0.1) is 0 Å². The lowest BCUT2D eigenvalue weighted by atomic mass is 9.57. The third-order valence-electron chi connectivity index (χ3n) is 4.67. The topological polar surface area (TPSA) is 78.4 Å². The smallest absolute Gasteiger partial charge is 0.294 e. The molecule has 0 heterocycles. The average Bonchev–Trinajstić information content (AvgIpc) is 2.33. The second-order valence-electron chi connectivity index (χ2n) is 7.14. The van der Waals surface area contributed by atoms with Crippen LogP contribution in [0.25, 0.3) is 0 Å². The molecule has 1 rings (SSSR count). The first-order valence-electron chi connectivity index (χ1n) is 7.82. The molecule has 20 heavy (non-hydrogen) atoms. The summed E-state index contributed by atoms with van der Waals surface area (Å²) in [7, 11) is 0. The molecule has 0 aromatic heterocycles. The van der Waals surface area contributed by atoms with Crippen LogP contribution in [-0.2, 0) is 4.84 Å². The van der Waals surface area contributed by atoms with E-state index in [0.717, 1.165) is 32.1 Å². The number of hydrogen-bond acceptors (Lipinski definition) is 4. The minimum absolute atomic E-state index is 0.0754. The number of nitrogens with zero attached hydrogens (tertiary/aromatic N) is 1. The van der Waals surface area contributed by atoms with Crippen LogP contribution in [0.1, 0.15) is 65.7 Å². The summed E-state index contributed by atoms with van der Waals surface area (Å²) in [6.07, 6.45) is 7.43. The van der Waals surface area contributed by atoms with Crippen molar-refractivity contribution in [1.29, 1.82) is 0 Å². The van der Waals surface area contributed by atoms with Crippen molar-refractivity contribution in [2.24, 2.45) is 22.5 Å². The van der Waals surface area contributed by atoms with Crippen LogP contribution in [0.5, 0.6) is 0 Å². The maximum atomic E-state index is 10.6. The highest BCUT2D eigenvalue weighted by molar-refractivity contribution is 4.94. The molecule has 1 aliphatic rings. The lowest BCUT2D eigenvalue weighted by Crippen LogP contribution is -2.42. The van der Waals surface area contributed by atoms with E-state index in [-0.39, 0.29) is 17.4 Å². The predicted octanol–water partition coefficient (Wildman–Crippen LogP) is 3.55. The fourth-order valence-electron chi connectivity index (χ4n) is 4.54. The van der Waals surface area contributed by atoms with Gasteiger partial charge in [-0.2, -0.15) is 0 Å². The molecule has 5 heteroatoms. The van der Waals surface area contributed by atoms with Crippen LogP contribution < -0.4 is 5.73 Å². The van der Waals surface area contributed by atoms with Gasteiger partial charge in [-0.1, -0.05) is 27.2 Å². The van der Waals surface area contributed by atoms with Gasteiger partial charge in [-0.05, 0) is 61.8 Å². The molecule has 1 fully saturated rings. The summed E-state index contributed by atoms with van der Waals surface area (Å²) in [6.45, 7) is 7.66. The zero-order valence-corrected chi connectivity index (χ0v) is 13.2. The Kier molecular flexibility index (Phi) is 6.24. The molecule has 0 saturated heterocycles. The fraction of sp³-hybridized carbons (Fsp3) is 1.00. The van der Waals surface area contributed by atoms with Gasteiger partial charge < -0.3 is 10.6 Å². The summed E-state index contributed by atoms with van der Waals surface area (Å²) in [5, 5.41) is 9.93. The van der Waals surface area contributed by atoms with Crippen molar-refractivity contribution in [1.82, 2.24) is 0 Å². The van der Waals surface area contributed by atoms with E-state index in [1.807, 2.05) is 0 Å². The lowest BCUT2D eigenvalue weighted by Gasteiger charge is -2.49. The Balaban J connectivity index is 2.85. The molecule has 2 N–H and O–H groups in total. The predicted molar refractivity (Wildman–Crippen MR) is 79.7 cm³/mol. The molecule has 0 aliphatic heterocycles. The zero-order chi connectivity index (χ0) is 15.2. The Bertz CT molecular complexity index is 324. The van der Waals surface area contributed by atoms with E-state index in [9.17, 15) is 10.1 Å². The van der Waals surface area contributed by atoms with Crippen LogP contribution in [0.4, 0.5) is 0 Å². The van der Waals surface area contributed by atoms with Crippen LogP contribution in [0.15, 0.2) is 0 Å². The summed E-state index contributed by atoms with van der Waals surface area (Å²) in [4.78, 5) is 15.4. The van der Waals surface area contributed by atoms with E-state index < -0.39 is 5.09 Å². The van der Waals surface area contributed by atoms with Crippen LogP contribution in [0.2, 0.25) is 0 Å². The summed E-state index contributed by atoms with van der Waals surface area (Å²) in [6, 6.07) is 0. The summed E-state index contributed by atoms with van der Waals surface area (Å²) in [5.74, 6) is 0.591. The van der Waals surface area contributed by atoms with E-state index in [4.69, 9.17) is 10.6 Å². The molecule has 118 valence electrons. The minimum atomic E-state index is -0.652. The Morgan fingerprint density at radius 3 is 2.65 bits per heavy atom. The molecule has 3 unspecified atom stereocenters. The van der Waals surface area contributed by atoms with Gasteiger partial charge in [-0.15, -0.1) is 10.1 Å². The molecule has 0 aromatic carbocycles. The standard InChI is InChI=1S/C15H30N2O3/c1-4-6-14(3)9-13(2)10-15(11-14,7-5-8-16)12-20-17(18)19/h13H,4-12,16H2,1-3H3. The third-order valence-corrected chi connectivity index (χ3v) is 4.67. The first kappa shape index (κ1) is 17.2. The van der Waals surface area contributed by atoms with E-state index in [0.29, 0.717) is 12.5 Å². The van der Waals surface area contributed by atoms with Crippen molar-refractivity contribution in [2.45, 2.75) is 65.7 Å². The SMILES string of the molecule is CCCC1(C)CC(C)CC(CCCN)(CO[N+](=O)[O-])C1. The molecule has 5 nitrogen and oxygen atoms in total. The van der Waals surface area contributed by atoms with Crippen LogP contribution in [0, 0.1) is 26.9 Å². The molecule has 1 saturated carbocycles. The monoisotopic (exact) mass is 286 g/mol. The summed E-state index contributed by atoms with van der Waals surface area (Å²) < 4.78 is 0. The molecule has 0 amide bonds. The highest BCUT2D eigenvalue weighted by Gasteiger charge is 2.44. The minimum Gasteiger partial charge on any atom is -0.330 e. The van der Waals surface area contributed by atoms with Gasteiger partial charge in [0, 0.05) is 0 Å². The van der Waals surface area contributed by atoms with E-state index >= 15 is 0 Å². The van der Waals surface area contributed by atoms with Crippen LogP contribution in [0.3, 0.4) is 0 Å². The normalized spacial score (nSPS) is 33.9. The molecule has 0 spiro atoms. The number of hydrogen-bond donors (Lipinski definition) is 1. The number of rotatable bonds is 8. The molecule has 0 radical (unpaired) electrons. The maximum absolute atomic E-state index is 10.6. The number of nitrogens with two attached hydrogens (primary N) is 1. The maximum Gasteiger partial charge on any atom is 0.294 e. The van der Waals surface area contributed by atoms with Gasteiger partial charge in [-0.3, -0.25) is 0 Å². The second kappa shape index (κ2) is 7.25. The average molecular weight is 286 g/mol. The van der Waals surface area contributed by atoms with Crippen molar-refractivity contribution in [2.75, 3.05) is 13.2 Å². The largest absolute Gasteiger partial charge is 0.330 e. The van der Waals surface area contributed by atoms with Crippen molar-refractivity contribution in [3.05, 3.63) is 10.1 Å². The third kappa shape index (κ3) is 4.93. The Morgan fingerprint density at radius 2 is 2.10 bits per heavy atom.